The predicted octanol–water partition coefficient (Wildman–Crippen LogP) is 5.56. The molecular weight excluding hydrogens is 476 g/mol. The topological polar surface area (TPSA) is 92.8 Å². The lowest BCUT2D eigenvalue weighted by Crippen LogP contribution is -2.29. The molecule has 0 aliphatic carbocycles. The van der Waals surface area contributed by atoms with Crippen molar-refractivity contribution in [3.8, 4) is 11.1 Å². The molecule has 4 aromatic rings. The average Bonchev–Trinajstić information content (AvgIpc) is 3.36. The minimum Gasteiger partial charge on any atom is -0.465 e. The van der Waals surface area contributed by atoms with E-state index in [0.717, 1.165) is 15.3 Å². The monoisotopic (exact) mass is 496 g/mol. The number of carbonyl (C=O) groups is 4. The lowest BCUT2D eigenvalue weighted by Gasteiger charge is -2.14. The van der Waals surface area contributed by atoms with Crippen molar-refractivity contribution < 1.29 is 23.9 Å². The Morgan fingerprint density at radius 2 is 1.42 bits per heavy atom. The number of carbonyl (C=O) groups excluding carboxylic acids is 4. The molecule has 1 aliphatic rings. The third-order valence-corrected chi connectivity index (χ3v) is 6.97. The van der Waals surface area contributed by atoms with E-state index in [4.69, 9.17) is 4.74 Å². The molecule has 3 amide bonds. The standard InChI is InChI=1S/C28H20N2O5S/c1-16-22(17-8-4-3-5-9-17)23(28(34)35-2)25(36-16)29-24(31)18-12-14-19(15-13-18)30-26(32)20-10-6-7-11-21(20)27(30)33/h3-15H,1-2H3,(H,29,31). The molecule has 8 heteroatoms. The first-order valence-corrected chi connectivity index (χ1v) is 11.9. The quantitative estimate of drug-likeness (QED) is 0.288. The van der Waals surface area contributed by atoms with Crippen LogP contribution in [0.5, 0.6) is 0 Å². The van der Waals surface area contributed by atoms with E-state index in [2.05, 4.69) is 5.32 Å². The third kappa shape index (κ3) is 3.87. The molecule has 3 aromatic carbocycles. The molecule has 0 saturated carbocycles. The molecular formula is C28H20N2O5S. The number of thiophene rings is 1. The molecule has 0 bridgehead atoms. The number of aryl methyl sites for hydroxylation is 1. The third-order valence-electron chi connectivity index (χ3n) is 5.95. The Balaban J connectivity index is 1.42. The molecule has 36 heavy (non-hydrogen) atoms. The lowest BCUT2D eigenvalue weighted by molar-refractivity contribution is 0.0603. The van der Waals surface area contributed by atoms with Gasteiger partial charge in [-0.3, -0.25) is 14.4 Å². The number of hydrogen-bond acceptors (Lipinski definition) is 6. The number of amides is 3. The highest BCUT2D eigenvalue weighted by Gasteiger charge is 2.36. The molecule has 0 saturated heterocycles. The Hall–Kier alpha value is -4.56. The second kappa shape index (κ2) is 9.24. The van der Waals surface area contributed by atoms with Crippen molar-refractivity contribution in [2.24, 2.45) is 0 Å². The second-order valence-electron chi connectivity index (χ2n) is 8.09. The van der Waals surface area contributed by atoms with Gasteiger partial charge in [-0.05, 0) is 48.9 Å². The maximum Gasteiger partial charge on any atom is 0.341 e. The van der Waals surface area contributed by atoms with Crippen molar-refractivity contribution in [2.45, 2.75) is 6.92 Å². The lowest BCUT2D eigenvalue weighted by atomic mass is 10.0. The largest absolute Gasteiger partial charge is 0.465 e. The number of nitrogens with zero attached hydrogens (tertiary/aromatic N) is 1. The molecule has 1 aliphatic heterocycles. The second-order valence-corrected chi connectivity index (χ2v) is 9.31. The zero-order valence-corrected chi connectivity index (χ0v) is 20.2. The fourth-order valence-electron chi connectivity index (χ4n) is 4.24. The van der Waals surface area contributed by atoms with Crippen LogP contribution in [0.15, 0.2) is 78.9 Å². The fourth-order valence-corrected chi connectivity index (χ4v) is 5.30. The molecule has 0 radical (unpaired) electrons. The van der Waals surface area contributed by atoms with Crippen molar-refractivity contribution in [1.29, 1.82) is 0 Å². The minimum absolute atomic E-state index is 0.294. The molecule has 1 N–H and O–H groups in total. The summed E-state index contributed by atoms with van der Waals surface area (Å²) in [6.07, 6.45) is 0. The van der Waals surface area contributed by atoms with Gasteiger partial charge in [0.15, 0.2) is 0 Å². The predicted molar refractivity (Wildman–Crippen MR) is 138 cm³/mol. The van der Waals surface area contributed by atoms with Gasteiger partial charge in [0.1, 0.15) is 10.6 Å². The van der Waals surface area contributed by atoms with E-state index in [9.17, 15) is 19.2 Å². The van der Waals surface area contributed by atoms with Crippen LogP contribution in [0, 0.1) is 6.92 Å². The van der Waals surface area contributed by atoms with E-state index >= 15 is 0 Å². The number of nitrogens with one attached hydrogen (secondary N) is 1. The van der Waals surface area contributed by atoms with Gasteiger partial charge >= 0.3 is 5.97 Å². The van der Waals surface area contributed by atoms with Crippen molar-refractivity contribution in [3.05, 3.63) is 106 Å². The van der Waals surface area contributed by atoms with Gasteiger partial charge in [0.05, 0.1) is 23.9 Å². The van der Waals surface area contributed by atoms with Crippen molar-refractivity contribution >= 4 is 45.7 Å². The summed E-state index contributed by atoms with van der Waals surface area (Å²) in [5.74, 6) is -1.79. The maximum atomic E-state index is 13.1. The Labute approximate surface area is 210 Å². The van der Waals surface area contributed by atoms with E-state index in [1.165, 1.54) is 30.6 Å². The molecule has 5 rings (SSSR count). The summed E-state index contributed by atoms with van der Waals surface area (Å²) in [5.41, 5.74) is 3.22. The van der Waals surface area contributed by atoms with E-state index in [0.29, 0.717) is 38.5 Å². The van der Waals surface area contributed by atoms with Gasteiger partial charge in [-0.1, -0.05) is 42.5 Å². The van der Waals surface area contributed by atoms with Gasteiger partial charge < -0.3 is 10.1 Å². The summed E-state index contributed by atoms with van der Waals surface area (Å²) in [6.45, 7) is 1.88. The van der Waals surface area contributed by atoms with E-state index in [-0.39, 0.29) is 0 Å². The van der Waals surface area contributed by atoms with Gasteiger partial charge in [-0.2, -0.15) is 0 Å². The Bertz CT molecular complexity index is 1490. The van der Waals surface area contributed by atoms with E-state index in [1.54, 1.807) is 36.4 Å². The zero-order chi connectivity index (χ0) is 25.4. The molecule has 7 nitrogen and oxygen atoms in total. The number of fused-ring (bicyclic) bond motifs is 1. The van der Waals surface area contributed by atoms with Gasteiger partial charge in [0.25, 0.3) is 17.7 Å². The van der Waals surface area contributed by atoms with Crippen LogP contribution in [0.25, 0.3) is 11.1 Å². The number of imide groups is 1. The van der Waals surface area contributed by atoms with Crippen LogP contribution < -0.4 is 10.2 Å². The van der Waals surface area contributed by atoms with Gasteiger partial charge in [-0.15, -0.1) is 11.3 Å². The average molecular weight is 497 g/mol. The Morgan fingerprint density at radius 1 is 0.833 bits per heavy atom. The highest BCUT2D eigenvalue weighted by atomic mass is 32.1. The zero-order valence-electron chi connectivity index (χ0n) is 19.4. The number of benzene rings is 3. The van der Waals surface area contributed by atoms with Crippen molar-refractivity contribution in [1.82, 2.24) is 0 Å². The highest BCUT2D eigenvalue weighted by Crippen LogP contribution is 2.40. The van der Waals surface area contributed by atoms with Crippen LogP contribution in [0.1, 0.15) is 46.3 Å². The maximum absolute atomic E-state index is 13.1. The highest BCUT2D eigenvalue weighted by molar-refractivity contribution is 7.17. The summed E-state index contributed by atoms with van der Waals surface area (Å²) >= 11 is 1.29. The SMILES string of the molecule is COC(=O)c1c(NC(=O)c2ccc(N3C(=O)c4ccccc4C3=O)cc2)sc(C)c1-c1ccccc1. The van der Waals surface area contributed by atoms with Gasteiger partial charge in [0.2, 0.25) is 0 Å². The van der Waals surface area contributed by atoms with Gasteiger partial charge in [0, 0.05) is 16.0 Å². The molecule has 0 spiro atoms. The number of ether oxygens (including phenoxy) is 1. The van der Waals surface area contributed by atoms with Crippen LogP contribution in [-0.4, -0.2) is 30.8 Å². The number of rotatable bonds is 5. The molecule has 0 unspecified atom stereocenters. The first kappa shape index (κ1) is 23.2. The molecule has 178 valence electrons. The van der Waals surface area contributed by atoms with Crippen LogP contribution in [0.2, 0.25) is 0 Å². The number of hydrogen-bond donors (Lipinski definition) is 1. The van der Waals surface area contributed by atoms with Crippen LogP contribution >= 0.6 is 11.3 Å². The normalized spacial score (nSPS) is 12.4. The molecule has 1 aromatic heterocycles. The summed E-state index contributed by atoms with van der Waals surface area (Å²) in [6, 6.07) is 22.2. The Morgan fingerprint density at radius 3 is 2.00 bits per heavy atom. The summed E-state index contributed by atoms with van der Waals surface area (Å²) in [4.78, 5) is 53.2. The van der Waals surface area contributed by atoms with Crippen LogP contribution in [0.3, 0.4) is 0 Å². The van der Waals surface area contributed by atoms with Crippen molar-refractivity contribution in [2.75, 3.05) is 17.3 Å². The number of esters is 1. The fraction of sp³-hybridized carbons (Fsp3) is 0.0714. The Kier molecular flexibility index (Phi) is 5.95. The van der Waals surface area contributed by atoms with E-state index in [1.807, 2.05) is 37.3 Å². The molecule has 0 fully saturated rings. The number of anilines is 2. The number of methoxy groups -OCH3 is 1. The van der Waals surface area contributed by atoms with E-state index < -0.39 is 23.7 Å². The summed E-state index contributed by atoms with van der Waals surface area (Å²) < 4.78 is 5.01. The summed E-state index contributed by atoms with van der Waals surface area (Å²) in [7, 11) is 1.30. The first-order valence-electron chi connectivity index (χ1n) is 11.1. The van der Waals surface area contributed by atoms with Crippen LogP contribution in [-0.2, 0) is 4.74 Å². The van der Waals surface area contributed by atoms with Crippen molar-refractivity contribution in [3.63, 3.8) is 0 Å². The molecule has 2 heterocycles. The molecule has 0 atom stereocenters. The first-order chi connectivity index (χ1) is 17.4. The summed E-state index contributed by atoms with van der Waals surface area (Å²) in [5, 5.41) is 3.21. The van der Waals surface area contributed by atoms with Crippen LogP contribution in [0.4, 0.5) is 10.7 Å². The smallest absolute Gasteiger partial charge is 0.341 e. The minimum atomic E-state index is -0.547. The van der Waals surface area contributed by atoms with Gasteiger partial charge in [-0.25, -0.2) is 9.69 Å².